The molecular weight excluding hydrogens is 84.8 g/mol. The smallest absolute Gasteiger partial charge is 0.402 e. The Labute approximate surface area is 36.5 Å². The van der Waals surface area contributed by atoms with E-state index in [0.29, 0.717) is 0 Å². The second-order valence-electron chi connectivity index (χ2n) is 0.562. The molecule has 0 atom stereocenters. The fraction of sp³-hybridized carbons (Fsp3) is 1.00. The van der Waals surface area contributed by atoms with Gasteiger partial charge in [-0.1, -0.05) is 0 Å². The molecule has 0 aromatic carbocycles. The van der Waals surface area contributed by atoms with Crippen LogP contribution in [-0.2, 0) is 4.65 Å². The minimum Gasteiger partial charge on any atom is -0.402 e. The van der Waals surface area contributed by atoms with E-state index in [1.807, 2.05) is 0 Å². The third-order valence-corrected chi connectivity index (χ3v) is 0.211. The molecule has 0 rings (SSSR count). The van der Waals surface area contributed by atoms with Crippen LogP contribution in [-0.4, -0.2) is 24.5 Å². The first-order valence-corrected chi connectivity index (χ1v) is 1.16. The van der Waals surface area contributed by atoms with Crippen LogP contribution < -0.4 is 6.15 Å². The number of hydrogen-bond donors (Lipinski definition) is 3. The molecule has 0 spiro atoms. The first kappa shape index (κ1) is 9.32. The van der Waals surface area contributed by atoms with E-state index in [1.165, 1.54) is 7.11 Å². The van der Waals surface area contributed by atoms with Gasteiger partial charge in [0.15, 0.2) is 0 Å². The summed E-state index contributed by atoms with van der Waals surface area (Å²) in [7, 11) is -0.417. The van der Waals surface area contributed by atoms with Crippen LogP contribution in [0.2, 0.25) is 0 Å². The fourth-order valence-electron chi connectivity index (χ4n) is 0. The lowest BCUT2D eigenvalue weighted by Gasteiger charge is -1.84. The Balaban J connectivity index is 0. The van der Waals surface area contributed by atoms with Crippen LogP contribution in [0.5, 0.6) is 0 Å². The summed E-state index contributed by atoms with van der Waals surface area (Å²) in [6, 6.07) is 0. The van der Waals surface area contributed by atoms with Crippen molar-refractivity contribution in [2.75, 3.05) is 7.11 Å². The molecule has 0 unspecified atom stereocenters. The average molecular weight is 92.9 g/mol. The first-order valence-electron chi connectivity index (χ1n) is 1.16. The van der Waals surface area contributed by atoms with Gasteiger partial charge in [-0.3, -0.25) is 0 Å². The summed E-state index contributed by atoms with van der Waals surface area (Å²) < 4.78 is 3.86. The molecule has 0 aliphatic carbocycles. The third-order valence-electron chi connectivity index (χ3n) is 0.211. The Hall–Kier alpha value is -0.0951. The van der Waals surface area contributed by atoms with Crippen molar-refractivity contribution in [1.29, 1.82) is 0 Å². The van der Waals surface area contributed by atoms with E-state index >= 15 is 0 Å². The van der Waals surface area contributed by atoms with Gasteiger partial charge in [-0.15, -0.1) is 0 Å². The highest BCUT2D eigenvalue weighted by Crippen LogP contribution is 1.59. The first-order chi connectivity index (χ1) is 2.27. The fourth-order valence-corrected chi connectivity index (χ4v) is 0. The molecule has 0 aromatic heterocycles. The molecule has 0 aliphatic heterocycles. The summed E-state index contributed by atoms with van der Waals surface area (Å²) in [6.45, 7) is 0. The van der Waals surface area contributed by atoms with E-state index in [4.69, 9.17) is 10.0 Å². The molecule has 0 saturated carbocycles. The summed E-state index contributed by atoms with van der Waals surface area (Å²) in [6.07, 6.45) is 0. The van der Waals surface area contributed by atoms with E-state index in [1.54, 1.807) is 0 Å². The Morgan fingerprint density at radius 2 is 1.67 bits per heavy atom. The molecule has 4 nitrogen and oxygen atoms in total. The molecule has 38 valence electrons. The van der Waals surface area contributed by atoms with E-state index in [0.717, 1.165) is 0 Å². The maximum Gasteiger partial charge on any atom is 0.633 e. The molecule has 0 bridgehead atoms. The van der Waals surface area contributed by atoms with Crippen LogP contribution in [0.15, 0.2) is 0 Å². The SMILES string of the molecule is COB(O)O.N. The van der Waals surface area contributed by atoms with Crippen LogP contribution in [0, 0.1) is 0 Å². The maximum absolute atomic E-state index is 7.69. The second-order valence-corrected chi connectivity index (χ2v) is 0.562. The monoisotopic (exact) mass is 93.1 g/mol. The summed E-state index contributed by atoms with van der Waals surface area (Å²) >= 11 is 0. The molecule has 0 amide bonds. The van der Waals surface area contributed by atoms with Gasteiger partial charge < -0.3 is 20.9 Å². The topological polar surface area (TPSA) is 84.7 Å². The van der Waals surface area contributed by atoms with Crippen LogP contribution in [0.3, 0.4) is 0 Å². The molecular formula is CH8BNO3. The van der Waals surface area contributed by atoms with Crippen molar-refractivity contribution < 1.29 is 14.7 Å². The summed E-state index contributed by atoms with van der Waals surface area (Å²) in [5, 5.41) is 15.4. The minimum atomic E-state index is -1.62. The van der Waals surface area contributed by atoms with Gasteiger partial charge in [0.25, 0.3) is 0 Å². The van der Waals surface area contributed by atoms with Gasteiger partial charge in [-0.05, 0) is 0 Å². The Morgan fingerprint density at radius 3 is 1.67 bits per heavy atom. The van der Waals surface area contributed by atoms with Crippen LogP contribution >= 0.6 is 0 Å². The highest BCUT2D eigenvalue weighted by atomic mass is 16.6. The van der Waals surface area contributed by atoms with Crippen LogP contribution in [0.25, 0.3) is 0 Å². The van der Waals surface area contributed by atoms with Gasteiger partial charge in [0.2, 0.25) is 0 Å². The second kappa shape index (κ2) is 4.90. The molecule has 0 heterocycles. The van der Waals surface area contributed by atoms with Crippen molar-refractivity contribution in [3.63, 3.8) is 0 Å². The highest BCUT2D eigenvalue weighted by molar-refractivity contribution is 6.32. The van der Waals surface area contributed by atoms with Crippen molar-refractivity contribution in [2.24, 2.45) is 0 Å². The standard InChI is InChI=1S/CH5BO3.H3N/c1-5-2(3)4;/h3-4H,1H3;1H3. The Bertz CT molecular complexity index is 24.8. The van der Waals surface area contributed by atoms with Crippen molar-refractivity contribution in [3.05, 3.63) is 0 Å². The van der Waals surface area contributed by atoms with Gasteiger partial charge in [-0.25, -0.2) is 0 Å². The molecule has 5 heteroatoms. The molecule has 6 heavy (non-hydrogen) atoms. The zero-order valence-electron chi connectivity index (χ0n) is 3.59. The van der Waals surface area contributed by atoms with Crippen LogP contribution in [0.4, 0.5) is 0 Å². The minimum absolute atomic E-state index is 0. The predicted molar refractivity (Wildman–Crippen MR) is 22.2 cm³/mol. The van der Waals surface area contributed by atoms with Gasteiger partial charge >= 0.3 is 7.32 Å². The Kier molecular flexibility index (Phi) is 7.62. The van der Waals surface area contributed by atoms with Crippen molar-refractivity contribution in [3.8, 4) is 0 Å². The Morgan fingerprint density at radius 1 is 1.50 bits per heavy atom. The largest absolute Gasteiger partial charge is 0.633 e. The molecule has 0 aliphatic rings. The lowest BCUT2D eigenvalue weighted by atomic mass is 10.3. The lowest BCUT2D eigenvalue weighted by molar-refractivity contribution is 0.229. The average Bonchev–Trinajstić information content (AvgIpc) is 1.38. The van der Waals surface area contributed by atoms with Crippen molar-refractivity contribution in [1.82, 2.24) is 6.15 Å². The molecule has 0 radical (unpaired) electrons. The maximum atomic E-state index is 7.69. The molecule has 0 aromatic rings. The number of hydrogen-bond acceptors (Lipinski definition) is 4. The molecule has 0 saturated heterocycles. The summed E-state index contributed by atoms with van der Waals surface area (Å²) in [5.74, 6) is 0. The third kappa shape index (κ3) is 9.08. The summed E-state index contributed by atoms with van der Waals surface area (Å²) in [4.78, 5) is 0. The van der Waals surface area contributed by atoms with Crippen LogP contribution in [0.1, 0.15) is 0 Å². The zero-order valence-corrected chi connectivity index (χ0v) is 3.59. The van der Waals surface area contributed by atoms with Gasteiger partial charge in [-0.2, -0.15) is 0 Å². The molecule has 0 fully saturated rings. The van der Waals surface area contributed by atoms with E-state index in [9.17, 15) is 0 Å². The van der Waals surface area contributed by atoms with Crippen molar-refractivity contribution >= 4 is 7.32 Å². The zero-order chi connectivity index (χ0) is 4.28. The van der Waals surface area contributed by atoms with Crippen molar-refractivity contribution in [2.45, 2.75) is 0 Å². The summed E-state index contributed by atoms with van der Waals surface area (Å²) in [5.41, 5.74) is 0. The van der Waals surface area contributed by atoms with Gasteiger partial charge in [0, 0.05) is 7.11 Å². The van der Waals surface area contributed by atoms with E-state index in [2.05, 4.69) is 4.65 Å². The van der Waals surface area contributed by atoms with E-state index in [-0.39, 0.29) is 6.15 Å². The van der Waals surface area contributed by atoms with Gasteiger partial charge in [0.05, 0.1) is 0 Å². The predicted octanol–water partition coefficient (Wildman–Crippen LogP) is -1.24. The number of rotatable bonds is 1. The quantitative estimate of drug-likeness (QED) is 0.354. The molecule has 5 N–H and O–H groups in total. The van der Waals surface area contributed by atoms with Gasteiger partial charge in [0.1, 0.15) is 0 Å². The van der Waals surface area contributed by atoms with E-state index < -0.39 is 7.32 Å². The normalized spacial score (nSPS) is 6.50. The highest BCUT2D eigenvalue weighted by Gasteiger charge is 2.00. The lowest BCUT2D eigenvalue weighted by Crippen LogP contribution is -2.12.